The molecule has 0 atom stereocenters. The first-order valence-corrected chi connectivity index (χ1v) is 4.14. The fourth-order valence-electron chi connectivity index (χ4n) is 1.15. The van der Waals surface area contributed by atoms with Gasteiger partial charge >= 0.3 is 0 Å². The summed E-state index contributed by atoms with van der Waals surface area (Å²) < 4.78 is 0. The molecule has 1 aromatic carbocycles. The molecule has 0 aliphatic rings. The number of nitrogens with one attached hydrogen (secondary N) is 2. The summed E-state index contributed by atoms with van der Waals surface area (Å²) in [6.07, 6.45) is 3.43. The Morgan fingerprint density at radius 3 is 3.00 bits per heavy atom. The number of nitriles is 1. The van der Waals surface area contributed by atoms with Gasteiger partial charge < -0.3 is 5.32 Å². The Balaban J connectivity index is 2.22. The van der Waals surface area contributed by atoms with Gasteiger partial charge in [-0.05, 0) is 18.2 Å². The minimum absolute atomic E-state index is 0.637. The van der Waals surface area contributed by atoms with Gasteiger partial charge in [0, 0.05) is 11.9 Å². The van der Waals surface area contributed by atoms with Crippen LogP contribution in [-0.4, -0.2) is 10.2 Å². The second-order valence-corrected chi connectivity index (χ2v) is 2.80. The number of aromatic amines is 1. The third-order valence-corrected chi connectivity index (χ3v) is 1.78. The minimum Gasteiger partial charge on any atom is -0.353 e. The van der Waals surface area contributed by atoms with Crippen molar-refractivity contribution >= 4 is 11.4 Å². The van der Waals surface area contributed by atoms with Crippen molar-refractivity contribution in [3.8, 4) is 6.07 Å². The molecule has 0 saturated carbocycles. The first-order valence-electron chi connectivity index (χ1n) is 4.14. The molecule has 2 rings (SSSR count). The fraction of sp³-hybridized carbons (Fsp3) is 0. The van der Waals surface area contributed by atoms with Crippen LogP contribution in [0.2, 0.25) is 0 Å². The third kappa shape index (κ3) is 1.72. The van der Waals surface area contributed by atoms with Gasteiger partial charge in [-0.15, -0.1) is 0 Å². The molecule has 14 heavy (non-hydrogen) atoms. The van der Waals surface area contributed by atoms with Crippen LogP contribution in [0.25, 0.3) is 0 Å². The summed E-state index contributed by atoms with van der Waals surface area (Å²) in [5.74, 6) is 0. The number of hydrogen-bond acceptors (Lipinski definition) is 3. The third-order valence-electron chi connectivity index (χ3n) is 1.78. The second kappa shape index (κ2) is 3.62. The second-order valence-electron chi connectivity index (χ2n) is 2.80. The highest BCUT2D eigenvalue weighted by Gasteiger charge is 1.96. The maximum absolute atomic E-state index is 8.69. The van der Waals surface area contributed by atoms with Gasteiger partial charge in [-0.3, -0.25) is 5.10 Å². The Morgan fingerprint density at radius 2 is 2.29 bits per heavy atom. The number of H-pyrrole nitrogens is 1. The molecule has 2 N–H and O–H groups in total. The van der Waals surface area contributed by atoms with Gasteiger partial charge in [0.15, 0.2) is 0 Å². The summed E-state index contributed by atoms with van der Waals surface area (Å²) >= 11 is 0. The molecule has 0 fully saturated rings. The summed E-state index contributed by atoms with van der Waals surface area (Å²) in [6.45, 7) is 0. The molecule has 0 aliphatic heterocycles. The van der Waals surface area contributed by atoms with E-state index in [4.69, 9.17) is 5.26 Å². The lowest BCUT2D eigenvalue weighted by Gasteiger charge is -2.02. The van der Waals surface area contributed by atoms with Crippen LogP contribution < -0.4 is 5.32 Å². The first-order chi connectivity index (χ1) is 6.88. The van der Waals surface area contributed by atoms with E-state index in [9.17, 15) is 0 Å². The highest BCUT2D eigenvalue weighted by molar-refractivity contribution is 5.59. The van der Waals surface area contributed by atoms with Crippen LogP contribution in [0.15, 0.2) is 36.7 Å². The molecular weight excluding hydrogens is 176 g/mol. The molecular formula is C10H8N4. The van der Waals surface area contributed by atoms with Crippen molar-refractivity contribution in [1.82, 2.24) is 10.2 Å². The molecule has 4 heteroatoms. The Hall–Kier alpha value is -2.28. The molecule has 68 valence electrons. The fourth-order valence-corrected chi connectivity index (χ4v) is 1.15. The van der Waals surface area contributed by atoms with E-state index < -0.39 is 0 Å². The largest absolute Gasteiger partial charge is 0.353 e. The van der Waals surface area contributed by atoms with Gasteiger partial charge in [-0.2, -0.15) is 10.4 Å². The molecule has 0 unspecified atom stereocenters. The number of anilines is 2. The standard InChI is InChI=1S/C10H8N4/c11-5-8-2-1-3-9(4-8)14-10-6-12-13-7-10/h1-4,6-7,14H,(H,12,13). The van der Waals surface area contributed by atoms with E-state index in [1.165, 1.54) is 0 Å². The van der Waals surface area contributed by atoms with Crippen LogP contribution in [0, 0.1) is 11.3 Å². The number of nitrogens with zero attached hydrogens (tertiary/aromatic N) is 2. The lowest BCUT2D eigenvalue weighted by atomic mass is 10.2. The van der Waals surface area contributed by atoms with E-state index in [0.29, 0.717) is 5.56 Å². The molecule has 0 radical (unpaired) electrons. The highest BCUT2D eigenvalue weighted by Crippen LogP contribution is 2.15. The Labute approximate surface area is 81.2 Å². The topological polar surface area (TPSA) is 64.5 Å². The lowest BCUT2D eigenvalue weighted by molar-refractivity contribution is 1.09. The lowest BCUT2D eigenvalue weighted by Crippen LogP contribution is -1.88. The summed E-state index contributed by atoms with van der Waals surface area (Å²) in [5, 5.41) is 18.3. The molecule has 0 aliphatic carbocycles. The van der Waals surface area contributed by atoms with Crippen LogP contribution >= 0.6 is 0 Å². The smallest absolute Gasteiger partial charge is 0.0992 e. The van der Waals surface area contributed by atoms with Gasteiger partial charge in [0.05, 0.1) is 23.5 Å². The number of hydrogen-bond donors (Lipinski definition) is 2. The predicted octanol–water partition coefficient (Wildman–Crippen LogP) is 2.02. The Kier molecular flexibility index (Phi) is 2.15. The molecule has 0 saturated heterocycles. The van der Waals surface area contributed by atoms with Crippen molar-refractivity contribution in [1.29, 1.82) is 5.26 Å². The maximum Gasteiger partial charge on any atom is 0.0992 e. The van der Waals surface area contributed by atoms with Gasteiger partial charge in [0.25, 0.3) is 0 Å². The van der Waals surface area contributed by atoms with Gasteiger partial charge in [-0.25, -0.2) is 0 Å². The monoisotopic (exact) mass is 184 g/mol. The zero-order valence-electron chi connectivity index (χ0n) is 7.36. The number of rotatable bonds is 2. The van der Waals surface area contributed by atoms with Gasteiger partial charge in [0.2, 0.25) is 0 Å². The summed E-state index contributed by atoms with van der Waals surface area (Å²) in [6, 6.07) is 9.36. The zero-order valence-corrected chi connectivity index (χ0v) is 7.36. The average molecular weight is 184 g/mol. The minimum atomic E-state index is 0.637. The number of benzene rings is 1. The van der Waals surface area contributed by atoms with E-state index in [0.717, 1.165) is 11.4 Å². The Bertz CT molecular complexity index is 453. The van der Waals surface area contributed by atoms with E-state index in [-0.39, 0.29) is 0 Å². The molecule has 0 bridgehead atoms. The normalized spacial score (nSPS) is 9.36. The molecule has 0 spiro atoms. The van der Waals surface area contributed by atoms with Crippen molar-refractivity contribution < 1.29 is 0 Å². The van der Waals surface area contributed by atoms with E-state index in [2.05, 4.69) is 21.6 Å². The summed E-state index contributed by atoms with van der Waals surface area (Å²) in [5.41, 5.74) is 2.39. The van der Waals surface area contributed by atoms with Crippen LogP contribution in [0.1, 0.15) is 5.56 Å². The molecule has 2 aromatic rings. The van der Waals surface area contributed by atoms with Gasteiger partial charge in [-0.1, -0.05) is 6.07 Å². The quantitative estimate of drug-likeness (QED) is 0.750. The van der Waals surface area contributed by atoms with E-state index in [1.807, 2.05) is 12.1 Å². The molecule has 4 nitrogen and oxygen atoms in total. The van der Waals surface area contributed by atoms with Crippen molar-refractivity contribution in [2.24, 2.45) is 0 Å². The van der Waals surface area contributed by atoms with Crippen molar-refractivity contribution in [3.63, 3.8) is 0 Å². The predicted molar refractivity (Wildman–Crippen MR) is 53.0 cm³/mol. The summed E-state index contributed by atoms with van der Waals surface area (Å²) in [4.78, 5) is 0. The average Bonchev–Trinajstić information content (AvgIpc) is 2.71. The number of aromatic nitrogens is 2. The van der Waals surface area contributed by atoms with Crippen LogP contribution in [0.3, 0.4) is 0 Å². The van der Waals surface area contributed by atoms with Crippen LogP contribution in [-0.2, 0) is 0 Å². The highest BCUT2D eigenvalue weighted by atomic mass is 15.1. The zero-order chi connectivity index (χ0) is 9.80. The SMILES string of the molecule is N#Cc1cccc(Nc2cn[nH]c2)c1. The van der Waals surface area contributed by atoms with E-state index >= 15 is 0 Å². The maximum atomic E-state index is 8.69. The van der Waals surface area contributed by atoms with E-state index in [1.54, 1.807) is 24.5 Å². The van der Waals surface area contributed by atoms with Crippen molar-refractivity contribution in [3.05, 3.63) is 42.2 Å². The van der Waals surface area contributed by atoms with Gasteiger partial charge in [0.1, 0.15) is 0 Å². The first kappa shape index (κ1) is 8.32. The van der Waals surface area contributed by atoms with Crippen molar-refractivity contribution in [2.45, 2.75) is 0 Å². The Morgan fingerprint density at radius 1 is 1.36 bits per heavy atom. The van der Waals surface area contributed by atoms with Crippen molar-refractivity contribution in [2.75, 3.05) is 5.32 Å². The molecule has 1 aromatic heterocycles. The van der Waals surface area contributed by atoms with Crippen LogP contribution in [0.5, 0.6) is 0 Å². The molecule has 0 amide bonds. The summed E-state index contributed by atoms with van der Waals surface area (Å²) in [7, 11) is 0. The van der Waals surface area contributed by atoms with Crippen LogP contribution in [0.4, 0.5) is 11.4 Å². The molecule has 1 heterocycles.